The Labute approximate surface area is 141 Å². The van der Waals surface area contributed by atoms with Crippen LogP contribution in [0.3, 0.4) is 0 Å². The van der Waals surface area contributed by atoms with Gasteiger partial charge in [-0.2, -0.15) is 5.10 Å². The molecule has 5 heteroatoms. The molecule has 2 N–H and O–H groups in total. The molecule has 0 aliphatic heterocycles. The number of hydrogen-bond donors (Lipinski definition) is 2. The van der Waals surface area contributed by atoms with Crippen LogP contribution in [0.25, 0.3) is 0 Å². The fraction of sp³-hybridized carbons (Fsp3) is 0.176. The number of benzene rings is 2. The van der Waals surface area contributed by atoms with E-state index in [9.17, 15) is 0 Å². The van der Waals surface area contributed by atoms with Crippen molar-refractivity contribution >= 4 is 35.3 Å². The topological polar surface area (TPSA) is 36.4 Å². The fourth-order valence-electron chi connectivity index (χ4n) is 1.91. The predicted molar refractivity (Wildman–Crippen MR) is 99.5 cm³/mol. The average molecular weight is 329 g/mol. The number of hydrogen-bond acceptors (Lipinski definition) is 3. The molecule has 0 fully saturated rings. The Morgan fingerprint density at radius 2 is 1.82 bits per heavy atom. The SMILES string of the molecule is CSc1ccc(/C=N/NC(=S)N[C@@H](C)c2ccccc2)cc1. The molecule has 0 saturated heterocycles. The van der Waals surface area contributed by atoms with Gasteiger partial charge in [0.05, 0.1) is 12.3 Å². The Morgan fingerprint density at radius 1 is 1.14 bits per heavy atom. The number of hydrazone groups is 1. The molecule has 0 heterocycles. The Hall–Kier alpha value is -1.85. The Kier molecular flexibility index (Phi) is 6.43. The monoisotopic (exact) mass is 329 g/mol. The van der Waals surface area contributed by atoms with Gasteiger partial charge in [-0.15, -0.1) is 11.8 Å². The summed E-state index contributed by atoms with van der Waals surface area (Å²) in [6.07, 6.45) is 3.81. The summed E-state index contributed by atoms with van der Waals surface area (Å²) in [5.74, 6) is 0. The van der Waals surface area contributed by atoms with Gasteiger partial charge in [-0.05, 0) is 48.7 Å². The van der Waals surface area contributed by atoms with Gasteiger partial charge in [-0.1, -0.05) is 42.5 Å². The van der Waals surface area contributed by atoms with Crippen LogP contribution < -0.4 is 10.7 Å². The van der Waals surface area contributed by atoms with Crippen molar-refractivity contribution in [2.24, 2.45) is 5.10 Å². The van der Waals surface area contributed by atoms with Crippen molar-refractivity contribution in [3.8, 4) is 0 Å². The Bertz CT molecular complexity index is 624. The van der Waals surface area contributed by atoms with Gasteiger partial charge in [0.25, 0.3) is 0 Å². The van der Waals surface area contributed by atoms with Crippen molar-refractivity contribution < 1.29 is 0 Å². The van der Waals surface area contributed by atoms with Crippen LogP contribution in [-0.2, 0) is 0 Å². The molecule has 0 aromatic heterocycles. The smallest absolute Gasteiger partial charge is 0.187 e. The van der Waals surface area contributed by atoms with Gasteiger partial charge in [0.1, 0.15) is 0 Å². The van der Waals surface area contributed by atoms with Crippen LogP contribution in [0.2, 0.25) is 0 Å². The van der Waals surface area contributed by atoms with Crippen molar-refractivity contribution in [1.29, 1.82) is 0 Å². The van der Waals surface area contributed by atoms with Gasteiger partial charge < -0.3 is 5.32 Å². The summed E-state index contributed by atoms with van der Waals surface area (Å²) in [6, 6.07) is 18.5. The number of nitrogens with zero attached hydrogens (tertiary/aromatic N) is 1. The van der Waals surface area contributed by atoms with E-state index in [0.29, 0.717) is 5.11 Å². The predicted octanol–water partition coefficient (Wildman–Crippen LogP) is 3.97. The van der Waals surface area contributed by atoms with E-state index >= 15 is 0 Å². The van der Waals surface area contributed by atoms with E-state index in [-0.39, 0.29) is 6.04 Å². The highest BCUT2D eigenvalue weighted by Crippen LogP contribution is 2.14. The second-order valence-electron chi connectivity index (χ2n) is 4.75. The van der Waals surface area contributed by atoms with E-state index in [1.165, 1.54) is 10.5 Å². The molecule has 0 aliphatic rings. The molecular formula is C17H19N3S2. The molecule has 114 valence electrons. The molecule has 2 aromatic rings. The molecule has 2 rings (SSSR count). The molecule has 0 unspecified atom stereocenters. The van der Waals surface area contributed by atoms with Crippen molar-refractivity contribution in [2.45, 2.75) is 17.9 Å². The minimum absolute atomic E-state index is 0.136. The van der Waals surface area contributed by atoms with E-state index in [1.807, 2.05) is 30.3 Å². The van der Waals surface area contributed by atoms with Gasteiger partial charge in [-0.25, -0.2) is 0 Å². The molecule has 0 aliphatic carbocycles. The quantitative estimate of drug-likeness (QED) is 0.377. The number of thioether (sulfide) groups is 1. The first-order valence-corrected chi connectivity index (χ1v) is 8.61. The number of nitrogens with one attached hydrogen (secondary N) is 2. The molecule has 0 spiro atoms. The highest BCUT2D eigenvalue weighted by Gasteiger charge is 2.05. The number of rotatable bonds is 5. The second kappa shape index (κ2) is 8.56. The van der Waals surface area contributed by atoms with E-state index in [4.69, 9.17) is 12.2 Å². The second-order valence-corrected chi connectivity index (χ2v) is 6.04. The lowest BCUT2D eigenvalue weighted by molar-refractivity contribution is 0.704. The molecule has 1 atom stereocenters. The van der Waals surface area contributed by atoms with Crippen LogP contribution >= 0.6 is 24.0 Å². The van der Waals surface area contributed by atoms with Crippen LogP contribution in [-0.4, -0.2) is 17.6 Å². The van der Waals surface area contributed by atoms with E-state index in [0.717, 1.165) is 5.56 Å². The maximum absolute atomic E-state index is 5.25. The third kappa shape index (κ3) is 5.16. The van der Waals surface area contributed by atoms with Crippen LogP contribution in [0.5, 0.6) is 0 Å². The van der Waals surface area contributed by atoms with Crippen LogP contribution in [0.15, 0.2) is 64.6 Å². The Balaban J connectivity index is 1.83. The van der Waals surface area contributed by atoms with Crippen molar-refractivity contribution in [3.05, 3.63) is 65.7 Å². The zero-order valence-corrected chi connectivity index (χ0v) is 14.2. The third-order valence-electron chi connectivity index (χ3n) is 3.14. The Morgan fingerprint density at radius 3 is 2.45 bits per heavy atom. The van der Waals surface area contributed by atoms with Gasteiger partial charge in [-0.3, -0.25) is 5.43 Å². The largest absolute Gasteiger partial charge is 0.355 e. The highest BCUT2D eigenvalue weighted by atomic mass is 32.2. The fourth-order valence-corrected chi connectivity index (χ4v) is 2.55. The van der Waals surface area contributed by atoms with E-state index < -0.39 is 0 Å². The standard InChI is InChI=1S/C17H19N3S2/c1-13(15-6-4-3-5-7-15)19-17(21)20-18-12-14-8-10-16(22-2)11-9-14/h3-13H,1-2H3,(H2,19,20,21)/b18-12+/t13-/m0/s1. The molecule has 0 amide bonds. The summed E-state index contributed by atoms with van der Waals surface area (Å²) < 4.78 is 0. The van der Waals surface area contributed by atoms with Crippen LogP contribution in [0, 0.1) is 0 Å². The molecule has 22 heavy (non-hydrogen) atoms. The third-order valence-corrected chi connectivity index (χ3v) is 4.10. The molecular weight excluding hydrogens is 310 g/mol. The van der Waals surface area contributed by atoms with Gasteiger partial charge in [0, 0.05) is 4.90 Å². The maximum atomic E-state index is 5.25. The van der Waals surface area contributed by atoms with E-state index in [1.54, 1.807) is 18.0 Å². The first-order chi connectivity index (χ1) is 10.7. The first kappa shape index (κ1) is 16.5. The maximum Gasteiger partial charge on any atom is 0.187 e. The lowest BCUT2D eigenvalue weighted by Crippen LogP contribution is -2.34. The zero-order valence-electron chi connectivity index (χ0n) is 12.6. The zero-order chi connectivity index (χ0) is 15.8. The molecule has 2 aromatic carbocycles. The molecule has 0 bridgehead atoms. The minimum atomic E-state index is 0.136. The highest BCUT2D eigenvalue weighted by molar-refractivity contribution is 7.98. The minimum Gasteiger partial charge on any atom is -0.355 e. The van der Waals surface area contributed by atoms with Gasteiger partial charge in [0.2, 0.25) is 0 Å². The summed E-state index contributed by atoms with van der Waals surface area (Å²) in [5, 5.41) is 7.87. The summed E-state index contributed by atoms with van der Waals surface area (Å²) >= 11 is 6.97. The molecule has 0 saturated carbocycles. The molecule has 0 radical (unpaired) electrons. The molecule has 3 nitrogen and oxygen atoms in total. The summed E-state index contributed by atoms with van der Waals surface area (Å²) in [6.45, 7) is 2.06. The summed E-state index contributed by atoms with van der Waals surface area (Å²) in [5.41, 5.74) is 5.06. The van der Waals surface area contributed by atoms with Crippen LogP contribution in [0.4, 0.5) is 0 Å². The van der Waals surface area contributed by atoms with E-state index in [2.05, 4.69) is 53.3 Å². The van der Waals surface area contributed by atoms with Gasteiger partial charge in [0.15, 0.2) is 5.11 Å². The normalized spacial score (nSPS) is 12.1. The lowest BCUT2D eigenvalue weighted by atomic mass is 10.1. The summed E-state index contributed by atoms with van der Waals surface area (Å²) in [4.78, 5) is 1.24. The van der Waals surface area contributed by atoms with Crippen molar-refractivity contribution in [1.82, 2.24) is 10.7 Å². The first-order valence-electron chi connectivity index (χ1n) is 6.97. The van der Waals surface area contributed by atoms with Crippen LogP contribution in [0.1, 0.15) is 24.1 Å². The van der Waals surface area contributed by atoms with Crippen molar-refractivity contribution in [2.75, 3.05) is 6.26 Å². The average Bonchev–Trinajstić information content (AvgIpc) is 2.56. The van der Waals surface area contributed by atoms with Crippen molar-refractivity contribution in [3.63, 3.8) is 0 Å². The number of thiocarbonyl (C=S) groups is 1. The van der Waals surface area contributed by atoms with Gasteiger partial charge >= 0.3 is 0 Å². The summed E-state index contributed by atoms with van der Waals surface area (Å²) in [7, 11) is 0. The lowest BCUT2D eigenvalue weighted by Gasteiger charge is -2.15.